The SMILES string of the molecule is CN(C1=C(c2ccc([N+](=O)[O-])cc2)C(=O)N(C2CCCCCCC2)C1=O)c1ccccc1. The monoisotopic (exact) mass is 433 g/mol. The van der Waals surface area contributed by atoms with Crippen molar-refractivity contribution >= 4 is 28.8 Å². The number of non-ortho nitro benzene ring substituents is 1. The second-order valence-corrected chi connectivity index (χ2v) is 8.40. The van der Waals surface area contributed by atoms with Gasteiger partial charge in [-0.15, -0.1) is 0 Å². The van der Waals surface area contributed by atoms with E-state index in [1.807, 2.05) is 30.3 Å². The van der Waals surface area contributed by atoms with Crippen LogP contribution in [0, 0.1) is 10.1 Å². The number of carbonyl (C=O) groups is 2. The summed E-state index contributed by atoms with van der Waals surface area (Å²) in [4.78, 5) is 41.1. The predicted molar refractivity (Wildman–Crippen MR) is 123 cm³/mol. The number of rotatable bonds is 5. The lowest BCUT2D eigenvalue weighted by Crippen LogP contribution is -2.42. The van der Waals surface area contributed by atoms with E-state index in [2.05, 4.69) is 0 Å². The molecule has 2 amide bonds. The Hall–Kier alpha value is -3.48. The van der Waals surface area contributed by atoms with Crippen molar-refractivity contribution in [3.63, 3.8) is 0 Å². The van der Waals surface area contributed by atoms with E-state index in [0.717, 1.165) is 44.2 Å². The first-order chi connectivity index (χ1) is 15.5. The van der Waals surface area contributed by atoms with Crippen LogP contribution in [0.3, 0.4) is 0 Å². The Morgan fingerprint density at radius 1 is 0.875 bits per heavy atom. The molecule has 0 bridgehead atoms. The van der Waals surface area contributed by atoms with E-state index in [4.69, 9.17) is 0 Å². The minimum absolute atomic E-state index is 0.0547. The fraction of sp³-hybridized carbons (Fsp3) is 0.360. The maximum absolute atomic E-state index is 13.7. The third kappa shape index (κ3) is 4.15. The average molecular weight is 434 g/mol. The quantitative estimate of drug-likeness (QED) is 0.379. The summed E-state index contributed by atoms with van der Waals surface area (Å²) >= 11 is 0. The largest absolute Gasteiger partial charge is 0.339 e. The Kier molecular flexibility index (Phi) is 6.35. The van der Waals surface area contributed by atoms with Crippen molar-refractivity contribution in [2.75, 3.05) is 11.9 Å². The Bertz CT molecular complexity index is 1040. The van der Waals surface area contributed by atoms with Crippen LogP contribution in [0.4, 0.5) is 11.4 Å². The minimum Gasteiger partial charge on any atom is -0.339 e. The molecule has 1 saturated carbocycles. The molecule has 32 heavy (non-hydrogen) atoms. The number of imide groups is 1. The maximum Gasteiger partial charge on any atom is 0.278 e. The maximum atomic E-state index is 13.7. The Balaban J connectivity index is 1.77. The molecule has 1 aliphatic heterocycles. The normalized spacial score (nSPS) is 18.0. The van der Waals surface area contributed by atoms with Gasteiger partial charge in [-0.25, -0.2) is 0 Å². The molecule has 0 radical (unpaired) electrons. The highest BCUT2D eigenvalue weighted by Gasteiger charge is 2.44. The van der Waals surface area contributed by atoms with Crippen LogP contribution in [0.5, 0.6) is 0 Å². The van der Waals surface area contributed by atoms with E-state index in [1.54, 1.807) is 24.1 Å². The molecule has 166 valence electrons. The summed E-state index contributed by atoms with van der Waals surface area (Å²) in [6.07, 6.45) is 7.05. The molecular formula is C25H27N3O4. The lowest BCUT2D eigenvalue weighted by Gasteiger charge is -2.29. The number of hydrogen-bond acceptors (Lipinski definition) is 5. The molecule has 0 saturated heterocycles. The molecule has 0 unspecified atom stereocenters. The lowest BCUT2D eigenvalue weighted by molar-refractivity contribution is -0.384. The number of likely N-dealkylation sites (N-methyl/N-ethyl adjacent to an activating group) is 1. The first-order valence-electron chi connectivity index (χ1n) is 11.1. The summed E-state index contributed by atoms with van der Waals surface area (Å²) in [5, 5.41) is 11.1. The highest BCUT2D eigenvalue weighted by atomic mass is 16.6. The van der Waals surface area contributed by atoms with Crippen molar-refractivity contribution in [1.82, 2.24) is 4.90 Å². The molecule has 1 fully saturated rings. The van der Waals surface area contributed by atoms with Crippen molar-refractivity contribution in [3.8, 4) is 0 Å². The van der Waals surface area contributed by atoms with Gasteiger partial charge in [0, 0.05) is 30.9 Å². The van der Waals surface area contributed by atoms with Gasteiger partial charge >= 0.3 is 0 Å². The second-order valence-electron chi connectivity index (χ2n) is 8.40. The highest BCUT2D eigenvalue weighted by molar-refractivity contribution is 6.36. The van der Waals surface area contributed by atoms with Crippen molar-refractivity contribution in [1.29, 1.82) is 0 Å². The molecule has 2 aliphatic rings. The molecule has 1 heterocycles. The topological polar surface area (TPSA) is 83.8 Å². The molecule has 0 N–H and O–H groups in total. The highest BCUT2D eigenvalue weighted by Crippen LogP contribution is 2.37. The van der Waals surface area contributed by atoms with Crippen LogP contribution in [0.2, 0.25) is 0 Å². The van der Waals surface area contributed by atoms with E-state index in [9.17, 15) is 19.7 Å². The Morgan fingerprint density at radius 3 is 2.06 bits per heavy atom. The van der Waals surface area contributed by atoms with Crippen LogP contribution in [0.1, 0.15) is 50.5 Å². The van der Waals surface area contributed by atoms with E-state index in [1.165, 1.54) is 23.5 Å². The summed E-state index contributed by atoms with van der Waals surface area (Å²) in [6, 6.07) is 15.2. The standard InChI is InChI=1S/C25H27N3O4/c1-26(19-10-8-5-9-11-19)23-22(18-14-16-21(17-15-18)28(31)32)24(29)27(25(23)30)20-12-6-3-2-4-7-13-20/h5,8-11,14-17,20H,2-4,6-7,12-13H2,1H3. The van der Waals surface area contributed by atoms with Gasteiger partial charge in [0.15, 0.2) is 0 Å². The van der Waals surface area contributed by atoms with Gasteiger partial charge in [0.25, 0.3) is 17.5 Å². The number of hydrogen-bond donors (Lipinski definition) is 0. The number of benzene rings is 2. The van der Waals surface area contributed by atoms with Crippen LogP contribution < -0.4 is 4.90 Å². The Morgan fingerprint density at radius 2 is 1.47 bits per heavy atom. The summed E-state index contributed by atoms with van der Waals surface area (Å²) in [5.74, 6) is -0.604. The average Bonchev–Trinajstić information content (AvgIpc) is 3.04. The predicted octanol–water partition coefficient (Wildman–Crippen LogP) is 4.92. The zero-order valence-electron chi connectivity index (χ0n) is 18.2. The first-order valence-corrected chi connectivity index (χ1v) is 11.1. The third-order valence-electron chi connectivity index (χ3n) is 6.38. The van der Waals surface area contributed by atoms with E-state index < -0.39 is 4.92 Å². The van der Waals surface area contributed by atoms with Crippen LogP contribution in [0.15, 0.2) is 60.3 Å². The van der Waals surface area contributed by atoms with E-state index in [-0.39, 0.29) is 23.5 Å². The van der Waals surface area contributed by atoms with Crippen molar-refractivity contribution in [2.45, 2.75) is 51.0 Å². The third-order valence-corrected chi connectivity index (χ3v) is 6.38. The number of para-hydroxylation sites is 1. The number of nitrogens with zero attached hydrogens (tertiary/aromatic N) is 3. The van der Waals surface area contributed by atoms with Crippen molar-refractivity contribution < 1.29 is 14.5 Å². The van der Waals surface area contributed by atoms with Gasteiger partial charge in [-0.3, -0.25) is 24.6 Å². The molecule has 0 spiro atoms. The van der Waals surface area contributed by atoms with Gasteiger partial charge in [-0.1, -0.05) is 50.3 Å². The van der Waals surface area contributed by atoms with E-state index in [0.29, 0.717) is 16.8 Å². The fourth-order valence-electron chi connectivity index (χ4n) is 4.66. The van der Waals surface area contributed by atoms with Crippen molar-refractivity contribution in [2.24, 2.45) is 0 Å². The molecule has 7 nitrogen and oxygen atoms in total. The summed E-state index contributed by atoms with van der Waals surface area (Å²) in [5.41, 5.74) is 1.87. The Labute approximate surface area is 187 Å². The van der Waals surface area contributed by atoms with E-state index >= 15 is 0 Å². The lowest BCUT2D eigenvalue weighted by atomic mass is 9.95. The summed E-state index contributed by atoms with van der Waals surface area (Å²) < 4.78 is 0. The summed E-state index contributed by atoms with van der Waals surface area (Å²) in [6.45, 7) is 0. The molecule has 0 aromatic heterocycles. The van der Waals surface area contributed by atoms with Gasteiger partial charge in [-0.2, -0.15) is 0 Å². The number of amides is 2. The number of nitro benzene ring substituents is 1. The molecule has 2 aromatic carbocycles. The van der Waals surface area contributed by atoms with Crippen molar-refractivity contribution in [3.05, 3.63) is 76.0 Å². The number of nitro groups is 1. The minimum atomic E-state index is -0.475. The van der Waals surface area contributed by atoms with Gasteiger partial charge in [-0.05, 0) is 42.7 Å². The van der Waals surface area contributed by atoms with Crippen LogP contribution >= 0.6 is 0 Å². The second kappa shape index (κ2) is 9.34. The molecule has 0 atom stereocenters. The zero-order chi connectivity index (χ0) is 22.7. The van der Waals surface area contributed by atoms with Gasteiger partial charge in [0.05, 0.1) is 10.5 Å². The molecule has 7 heteroatoms. The first kappa shape index (κ1) is 21.7. The smallest absolute Gasteiger partial charge is 0.278 e. The van der Waals surface area contributed by atoms with Crippen LogP contribution in [-0.2, 0) is 9.59 Å². The fourth-order valence-corrected chi connectivity index (χ4v) is 4.66. The van der Waals surface area contributed by atoms with Crippen LogP contribution in [-0.4, -0.2) is 34.7 Å². The zero-order valence-corrected chi connectivity index (χ0v) is 18.2. The molecule has 4 rings (SSSR count). The number of anilines is 1. The van der Waals surface area contributed by atoms with Gasteiger partial charge < -0.3 is 4.90 Å². The molecule has 2 aromatic rings. The molecular weight excluding hydrogens is 406 g/mol. The van der Waals surface area contributed by atoms with Gasteiger partial charge in [0.2, 0.25) is 0 Å². The summed E-state index contributed by atoms with van der Waals surface area (Å²) in [7, 11) is 1.78. The van der Waals surface area contributed by atoms with Gasteiger partial charge in [0.1, 0.15) is 5.70 Å². The number of carbonyl (C=O) groups excluding carboxylic acids is 2. The molecule has 1 aliphatic carbocycles. The van der Waals surface area contributed by atoms with Crippen LogP contribution in [0.25, 0.3) is 5.57 Å².